The molecule has 3 unspecified atom stereocenters. The van der Waals surface area contributed by atoms with E-state index in [4.69, 9.17) is 4.74 Å². The summed E-state index contributed by atoms with van der Waals surface area (Å²) in [6, 6.07) is 8.50. The highest BCUT2D eigenvalue weighted by Crippen LogP contribution is 2.37. The maximum absolute atomic E-state index is 10.5. The van der Waals surface area contributed by atoms with Crippen molar-refractivity contribution in [2.24, 2.45) is 0 Å². The Kier molecular flexibility index (Phi) is 3.96. The predicted octanol–water partition coefficient (Wildman–Crippen LogP) is 1.72. The molecule has 2 fully saturated rings. The number of aliphatic hydroxyl groups excluding tert-OH is 2. The van der Waals surface area contributed by atoms with Gasteiger partial charge in [0, 0.05) is 18.6 Å². The summed E-state index contributed by atoms with van der Waals surface area (Å²) in [7, 11) is 1.64. The number of methoxy groups -OCH3 is 1. The van der Waals surface area contributed by atoms with E-state index in [2.05, 4.69) is 4.90 Å². The molecule has 0 radical (unpaired) electrons. The lowest BCUT2D eigenvalue weighted by Crippen LogP contribution is -2.46. The van der Waals surface area contributed by atoms with Crippen molar-refractivity contribution in [2.45, 2.75) is 50.0 Å². The van der Waals surface area contributed by atoms with Crippen LogP contribution in [0, 0.1) is 0 Å². The molecular weight excluding hydrogens is 254 g/mol. The topological polar surface area (TPSA) is 52.9 Å². The second-order valence-corrected chi connectivity index (χ2v) is 6.00. The van der Waals surface area contributed by atoms with E-state index in [0.717, 1.165) is 37.0 Å². The predicted molar refractivity (Wildman–Crippen MR) is 76.7 cm³/mol. The molecule has 20 heavy (non-hydrogen) atoms. The van der Waals surface area contributed by atoms with Crippen LogP contribution in [0.2, 0.25) is 0 Å². The molecule has 3 rings (SSSR count). The van der Waals surface area contributed by atoms with Crippen LogP contribution in [0.3, 0.4) is 0 Å². The molecule has 110 valence electrons. The van der Waals surface area contributed by atoms with Crippen molar-refractivity contribution in [1.29, 1.82) is 0 Å². The van der Waals surface area contributed by atoms with E-state index in [0.29, 0.717) is 18.6 Å². The van der Waals surface area contributed by atoms with E-state index >= 15 is 0 Å². The Hall–Kier alpha value is -1.10. The number of aliphatic hydroxyl groups is 2. The summed E-state index contributed by atoms with van der Waals surface area (Å²) in [6.45, 7) is 0.648. The molecule has 0 spiro atoms. The van der Waals surface area contributed by atoms with E-state index in [-0.39, 0.29) is 6.10 Å². The van der Waals surface area contributed by atoms with Gasteiger partial charge in [0.15, 0.2) is 0 Å². The zero-order valence-corrected chi connectivity index (χ0v) is 11.9. The fraction of sp³-hybridized carbons (Fsp3) is 0.625. The highest BCUT2D eigenvalue weighted by Gasteiger charge is 2.40. The maximum atomic E-state index is 10.5. The summed E-state index contributed by atoms with van der Waals surface area (Å²) in [6.07, 6.45) is 3.34. The van der Waals surface area contributed by atoms with Gasteiger partial charge in [0.05, 0.1) is 19.3 Å². The average molecular weight is 277 g/mol. The Morgan fingerprint density at radius 3 is 2.65 bits per heavy atom. The van der Waals surface area contributed by atoms with Crippen molar-refractivity contribution in [3.05, 3.63) is 29.8 Å². The summed E-state index contributed by atoms with van der Waals surface area (Å²) in [5, 5.41) is 20.3. The van der Waals surface area contributed by atoms with Gasteiger partial charge in [-0.3, -0.25) is 4.90 Å². The number of fused-ring (bicyclic) bond motifs is 2. The van der Waals surface area contributed by atoms with Crippen molar-refractivity contribution in [1.82, 2.24) is 4.90 Å². The number of ether oxygens (including phenoxy) is 1. The number of rotatable bonds is 4. The number of hydrogen-bond acceptors (Lipinski definition) is 4. The monoisotopic (exact) mass is 277 g/mol. The molecule has 3 atom stereocenters. The Bertz CT molecular complexity index is 451. The van der Waals surface area contributed by atoms with Gasteiger partial charge in [-0.05, 0) is 43.4 Å². The van der Waals surface area contributed by atoms with Gasteiger partial charge in [0.1, 0.15) is 5.75 Å². The summed E-state index contributed by atoms with van der Waals surface area (Å²) in [5.41, 5.74) is 0.898. The normalized spacial score (nSPS) is 31.2. The van der Waals surface area contributed by atoms with Gasteiger partial charge >= 0.3 is 0 Å². The minimum atomic E-state index is -0.497. The van der Waals surface area contributed by atoms with Crippen molar-refractivity contribution in [2.75, 3.05) is 13.7 Å². The SMILES string of the molecule is COc1cccc(C(O)CN2C3CCC2CC(O)C3)c1. The van der Waals surface area contributed by atoms with E-state index in [1.54, 1.807) is 7.11 Å². The molecule has 1 aromatic carbocycles. The smallest absolute Gasteiger partial charge is 0.119 e. The second-order valence-electron chi connectivity index (χ2n) is 6.00. The van der Waals surface area contributed by atoms with E-state index in [9.17, 15) is 10.2 Å². The first kappa shape index (κ1) is 13.9. The minimum absolute atomic E-state index is 0.155. The molecule has 2 heterocycles. The Balaban J connectivity index is 1.68. The summed E-state index contributed by atoms with van der Waals surface area (Å²) in [5.74, 6) is 0.776. The van der Waals surface area contributed by atoms with Crippen LogP contribution in [0.4, 0.5) is 0 Å². The fourth-order valence-electron chi connectivity index (χ4n) is 3.70. The molecule has 2 bridgehead atoms. The van der Waals surface area contributed by atoms with Gasteiger partial charge in [-0.15, -0.1) is 0 Å². The summed E-state index contributed by atoms with van der Waals surface area (Å²) < 4.78 is 5.21. The van der Waals surface area contributed by atoms with Gasteiger partial charge in [-0.25, -0.2) is 0 Å². The second kappa shape index (κ2) is 5.72. The molecule has 2 N–H and O–H groups in total. The molecule has 1 aromatic rings. The summed E-state index contributed by atoms with van der Waals surface area (Å²) in [4.78, 5) is 2.39. The molecule has 2 aliphatic heterocycles. The molecule has 2 aliphatic rings. The Labute approximate surface area is 120 Å². The van der Waals surface area contributed by atoms with Crippen LogP contribution in [0.1, 0.15) is 37.4 Å². The summed E-state index contributed by atoms with van der Waals surface area (Å²) >= 11 is 0. The lowest BCUT2D eigenvalue weighted by molar-refractivity contribution is 0.00797. The van der Waals surface area contributed by atoms with Crippen LogP contribution in [0.5, 0.6) is 5.75 Å². The van der Waals surface area contributed by atoms with Crippen molar-refractivity contribution in [3.8, 4) is 5.75 Å². The fourth-order valence-corrected chi connectivity index (χ4v) is 3.70. The first-order valence-electron chi connectivity index (χ1n) is 7.43. The van der Waals surface area contributed by atoms with E-state index in [1.165, 1.54) is 0 Å². The average Bonchev–Trinajstić information content (AvgIpc) is 2.70. The van der Waals surface area contributed by atoms with Crippen LogP contribution in [0.25, 0.3) is 0 Å². The first-order chi connectivity index (χ1) is 9.67. The van der Waals surface area contributed by atoms with Crippen molar-refractivity contribution < 1.29 is 14.9 Å². The number of nitrogens with zero attached hydrogens (tertiary/aromatic N) is 1. The van der Waals surface area contributed by atoms with E-state index in [1.807, 2.05) is 24.3 Å². The number of hydrogen-bond donors (Lipinski definition) is 2. The van der Waals surface area contributed by atoms with Crippen LogP contribution >= 0.6 is 0 Å². The largest absolute Gasteiger partial charge is 0.497 e. The molecule has 0 aliphatic carbocycles. The first-order valence-corrected chi connectivity index (χ1v) is 7.43. The highest BCUT2D eigenvalue weighted by molar-refractivity contribution is 5.30. The highest BCUT2D eigenvalue weighted by atomic mass is 16.5. The third-order valence-corrected chi connectivity index (χ3v) is 4.72. The molecule has 2 saturated heterocycles. The van der Waals surface area contributed by atoms with Crippen LogP contribution in [0.15, 0.2) is 24.3 Å². The van der Waals surface area contributed by atoms with Gasteiger partial charge < -0.3 is 14.9 Å². The zero-order chi connectivity index (χ0) is 14.1. The van der Waals surface area contributed by atoms with Crippen molar-refractivity contribution in [3.63, 3.8) is 0 Å². The minimum Gasteiger partial charge on any atom is -0.497 e. The van der Waals surface area contributed by atoms with Gasteiger partial charge in [-0.2, -0.15) is 0 Å². The quantitative estimate of drug-likeness (QED) is 0.880. The Morgan fingerprint density at radius 1 is 1.30 bits per heavy atom. The van der Waals surface area contributed by atoms with Crippen LogP contribution < -0.4 is 4.74 Å². The molecule has 0 saturated carbocycles. The maximum Gasteiger partial charge on any atom is 0.119 e. The lowest BCUT2D eigenvalue weighted by atomic mass is 9.98. The molecule has 0 amide bonds. The van der Waals surface area contributed by atoms with Gasteiger partial charge in [-0.1, -0.05) is 12.1 Å². The molecule has 4 heteroatoms. The third kappa shape index (κ3) is 2.68. The van der Waals surface area contributed by atoms with Crippen molar-refractivity contribution >= 4 is 0 Å². The van der Waals surface area contributed by atoms with Gasteiger partial charge in [0.25, 0.3) is 0 Å². The van der Waals surface area contributed by atoms with E-state index < -0.39 is 6.10 Å². The standard InChI is InChI=1S/C16H23NO3/c1-20-15-4-2-3-11(7-15)16(19)10-17-12-5-6-13(17)9-14(18)8-12/h2-4,7,12-14,16,18-19H,5-6,8-10H2,1H3. The Morgan fingerprint density at radius 2 is 2.00 bits per heavy atom. The van der Waals surface area contributed by atoms with Gasteiger partial charge in [0.2, 0.25) is 0 Å². The van der Waals surface area contributed by atoms with Crippen LogP contribution in [-0.4, -0.2) is 47.0 Å². The van der Waals surface area contributed by atoms with Crippen LogP contribution in [-0.2, 0) is 0 Å². The molecule has 0 aromatic heterocycles. The lowest BCUT2D eigenvalue weighted by Gasteiger charge is -2.38. The number of benzene rings is 1. The molecule has 4 nitrogen and oxygen atoms in total. The molecular formula is C16H23NO3. The number of piperidine rings is 1. The zero-order valence-electron chi connectivity index (χ0n) is 11.9. The third-order valence-electron chi connectivity index (χ3n) is 4.72.